The Morgan fingerprint density at radius 3 is 1.47 bits per heavy atom. The van der Waals surface area contributed by atoms with Crippen LogP contribution in [-0.4, -0.2) is 45.7 Å². The van der Waals surface area contributed by atoms with Crippen molar-refractivity contribution in [3.8, 4) is 5.75 Å². The van der Waals surface area contributed by atoms with Gasteiger partial charge in [0.1, 0.15) is 30.2 Å². The second-order valence-corrected chi connectivity index (χ2v) is 11.3. The lowest BCUT2D eigenvalue weighted by Crippen LogP contribution is -2.62. The lowest BCUT2D eigenvalue weighted by Gasteiger charge is -2.45. The molecule has 43 heavy (non-hydrogen) atoms. The average molecular weight is 606 g/mol. The summed E-state index contributed by atoms with van der Waals surface area (Å²) in [6, 6.07) is 38.2. The van der Waals surface area contributed by atoms with Crippen molar-refractivity contribution in [3.63, 3.8) is 0 Å². The molecule has 1 aliphatic heterocycles. The van der Waals surface area contributed by atoms with Gasteiger partial charge in [-0.05, 0) is 28.8 Å². The second-order valence-electron chi connectivity index (χ2n) is 10.0. The molecule has 1 saturated heterocycles. The van der Waals surface area contributed by atoms with Crippen molar-refractivity contribution >= 4 is 10.3 Å². The highest BCUT2D eigenvalue weighted by atomic mass is 32.2. The van der Waals surface area contributed by atoms with Gasteiger partial charge in [-0.25, -0.2) is 5.14 Å². The predicted octanol–water partition coefficient (Wildman–Crippen LogP) is 4.77. The highest BCUT2D eigenvalue weighted by Crippen LogP contribution is 2.32. The largest absolute Gasteiger partial charge is 0.462 e. The van der Waals surface area contributed by atoms with Crippen LogP contribution in [0.5, 0.6) is 5.75 Å². The van der Waals surface area contributed by atoms with Crippen molar-refractivity contribution in [2.45, 2.75) is 50.5 Å². The van der Waals surface area contributed by atoms with Gasteiger partial charge in [0.25, 0.3) is 0 Å². The maximum atomic E-state index is 11.8. The lowest BCUT2D eigenvalue weighted by atomic mass is 9.97. The van der Waals surface area contributed by atoms with E-state index >= 15 is 0 Å². The van der Waals surface area contributed by atoms with Crippen LogP contribution in [0.2, 0.25) is 0 Å². The fraction of sp³-hybridized carbons (Fsp3) is 0.273. The van der Waals surface area contributed by atoms with Crippen molar-refractivity contribution in [2.24, 2.45) is 5.14 Å². The van der Waals surface area contributed by atoms with Crippen molar-refractivity contribution in [1.29, 1.82) is 0 Å². The topological polar surface area (TPSA) is 116 Å². The summed E-state index contributed by atoms with van der Waals surface area (Å²) >= 11 is 0. The molecule has 5 rings (SSSR count). The van der Waals surface area contributed by atoms with Crippen LogP contribution in [0.4, 0.5) is 0 Å². The van der Waals surface area contributed by atoms with Gasteiger partial charge in [-0.2, -0.15) is 8.42 Å². The first-order chi connectivity index (χ1) is 20.9. The summed E-state index contributed by atoms with van der Waals surface area (Å²) in [5.41, 5.74) is 2.81. The van der Waals surface area contributed by atoms with E-state index in [1.54, 1.807) is 12.1 Å². The van der Waals surface area contributed by atoms with E-state index < -0.39 is 47.6 Å². The molecule has 1 fully saturated rings. The monoisotopic (exact) mass is 605 g/mol. The molecule has 0 bridgehead atoms. The maximum absolute atomic E-state index is 11.8. The van der Waals surface area contributed by atoms with Crippen LogP contribution in [0.1, 0.15) is 16.7 Å². The smallest absolute Gasteiger partial charge is 0.333 e. The molecule has 1 aliphatic rings. The number of ether oxygens (including phenoxy) is 5. The van der Waals surface area contributed by atoms with Gasteiger partial charge in [0.05, 0.1) is 26.4 Å². The third kappa shape index (κ3) is 9.44. The van der Waals surface area contributed by atoms with E-state index in [1.807, 2.05) is 109 Å². The summed E-state index contributed by atoms with van der Waals surface area (Å²) in [6.45, 7) is 0.284. The van der Waals surface area contributed by atoms with E-state index in [0.717, 1.165) is 16.7 Å². The van der Waals surface area contributed by atoms with Crippen LogP contribution in [0, 0.1) is 0 Å². The SMILES string of the molecule is NS(=O)(=O)OC[C@H]1O[C@H](Oc2ccccc2)[C@@H](OCc2ccccc2)[C@@H](OCc2ccccc2)[C@@H]1OCc1ccccc1. The third-order valence-electron chi connectivity index (χ3n) is 6.84. The fourth-order valence-corrected chi connectivity index (χ4v) is 5.09. The third-order valence-corrected chi connectivity index (χ3v) is 7.30. The summed E-state index contributed by atoms with van der Waals surface area (Å²) < 4.78 is 60.8. The van der Waals surface area contributed by atoms with Crippen molar-refractivity contribution < 1.29 is 36.3 Å². The Kier molecular flexibility index (Phi) is 10.9. The Morgan fingerprint density at radius 1 is 0.581 bits per heavy atom. The van der Waals surface area contributed by atoms with Crippen LogP contribution >= 0.6 is 0 Å². The van der Waals surface area contributed by atoms with Crippen molar-refractivity contribution in [1.82, 2.24) is 0 Å². The van der Waals surface area contributed by atoms with Gasteiger partial charge in [0.15, 0.2) is 0 Å². The van der Waals surface area contributed by atoms with Gasteiger partial charge in [-0.3, -0.25) is 4.18 Å². The summed E-state index contributed by atoms with van der Waals surface area (Å²) in [4.78, 5) is 0. The Balaban J connectivity index is 1.49. The minimum Gasteiger partial charge on any atom is -0.462 e. The lowest BCUT2D eigenvalue weighted by molar-refractivity contribution is -0.306. The van der Waals surface area contributed by atoms with E-state index in [2.05, 4.69) is 0 Å². The number of rotatable bonds is 14. The highest BCUT2D eigenvalue weighted by Gasteiger charge is 2.50. The van der Waals surface area contributed by atoms with E-state index in [0.29, 0.717) is 5.75 Å². The first-order valence-corrected chi connectivity index (χ1v) is 15.4. The Hall–Kier alpha value is -3.61. The Morgan fingerprint density at radius 2 is 1.00 bits per heavy atom. The summed E-state index contributed by atoms with van der Waals surface area (Å²) in [6.07, 6.45) is -4.30. The van der Waals surface area contributed by atoms with Gasteiger partial charge < -0.3 is 23.7 Å². The molecule has 2 N–H and O–H groups in total. The van der Waals surface area contributed by atoms with Gasteiger partial charge in [0, 0.05) is 0 Å². The quantitative estimate of drug-likeness (QED) is 0.219. The maximum Gasteiger partial charge on any atom is 0.333 e. The van der Waals surface area contributed by atoms with Crippen LogP contribution in [0.3, 0.4) is 0 Å². The molecule has 4 aromatic rings. The van der Waals surface area contributed by atoms with Crippen molar-refractivity contribution in [3.05, 3.63) is 138 Å². The zero-order chi connectivity index (χ0) is 29.9. The molecule has 0 radical (unpaired) electrons. The number of nitrogens with two attached hydrogens (primary N) is 1. The summed E-state index contributed by atoms with van der Waals surface area (Å²) in [7, 11) is -4.27. The molecule has 4 aromatic carbocycles. The normalized spacial score (nSPS) is 22.2. The fourth-order valence-electron chi connectivity index (χ4n) is 4.77. The molecule has 226 valence electrons. The average Bonchev–Trinajstić information content (AvgIpc) is 3.03. The number of benzene rings is 4. The molecule has 0 unspecified atom stereocenters. The van der Waals surface area contributed by atoms with Crippen molar-refractivity contribution in [2.75, 3.05) is 6.61 Å². The van der Waals surface area contributed by atoms with E-state index in [-0.39, 0.29) is 19.8 Å². The highest BCUT2D eigenvalue weighted by molar-refractivity contribution is 7.84. The van der Waals surface area contributed by atoms with E-state index in [1.165, 1.54) is 0 Å². The molecule has 0 saturated carbocycles. The van der Waals surface area contributed by atoms with E-state index in [9.17, 15) is 8.42 Å². The Labute approximate surface area is 252 Å². The zero-order valence-electron chi connectivity index (χ0n) is 23.5. The molecular formula is C33H35NO8S. The standard InChI is InChI=1S/C33H35NO8S/c34-43(35,36)40-24-29-30(37-21-25-13-5-1-6-14-25)31(38-22-26-15-7-2-8-16-26)32(39-23-27-17-9-3-10-18-27)33(42-29)41-28-19-11-4-12-20-28/h1-20,29-33H,21-24H2,(H2,34,35,36)/t29-,30-,31+,32+,33+/m1/s1. The van der Waals surface area contributed by atoms with Crippen LogP contribution < -0.4 is 9.88 Å². The summed E-state index contributed by atoms with van der Waals surface area (Å²) in [5, 5.41) is 5.20. The van der Waals surface area contributed by atoms with Gasteiger partial charge >= 0.3 is 10.3 Å². The van der Waals surface area contributed by atoms with E-state index in [4.69, 9.17) is 33.0 Å². The Bertz CT molecular complexity index is 1480. The molecule has 5 atom stereocenters. The first-order valence-electron chi connectivity index (χ1n) is 14.0. The number of hydrogen-bond donors (Lipinski definition) is 1. The van der Waals surface area contributed by atoms with Gasteiger partial charge in [-0.1, -0.05) is 109 Å². The first kappa shape index (κ1) is 30.8. The summed E-state index contributed by atoms with van der Waals surface area (Å²) in [5.74, 6) is 0.539. The zero-order valence-corrected chi connectivity index (χ0v) is 24.3. The molecule has 1 heterocycles. The predicted molar refractivity (Wildman–Crippen MR) is 160 cm³/mol. The molecule has 9 nitrogen and oxygen atoms in total. The number of hydrogen-bond acceptors (Lipinski definition) is 8. The minimum absolute atomic E-state index is 0.210. The molecule has 0 spiro atoms. The van der Waals surface area contributed by atoms with Gasteiger partial charge in [-0.15, -0.1) is 0 Å². The van der Waals surface area contributed by atoms with Crippen LogP contribution in [0.15, 0.2) is 121 Å². The molecule has 0 amide bonds. The molecular weight excluding hydrogens is 570 g/mol. The van der Waals surface area contributed by atoms with Gasteiger partial charge in [0.2, 0.25) is 6.29 Å². The minimum atomic E-state index is -4.27. The van der Waals surface area contributed by atoms with Crippen LogP contribution in [-0.2, 0) is 53.3 Å². The number of para-hydroxylation sites is 1. The molecule has 10 heteroatoms. The second kappa shape index (κ2) is 15.2. The molecule has 0 aromatic heterocycles. The molecule has 0 aliphatic carbocycles. The van der Waals surface area contributed by atoms with Crippen LogP contribution in [0.25, 0.3) is 0 Å².